The van der Waals surface area contributed by atoms with Gasteiger partial charge in [-0.2, -0.15) is 0 Å². The average Bonchev–Trinajstić information content (AvgIpc) is 3.13. The van der Waals surface area contributed by atoms with Crippen molar-refractivity contribution in [3.05, 3.63) is 59.7 Å². The summed E-state index contributed by atoms with van der Waals surface area (Å²) in [6, 6.07) is 14.8. The number of nitrogens with zero attached hydrogens (tertiary/aromatic N) is 1. The van der Waals surface area contributed by atoms with E-state index in [2.05, 4.69) is 15.6 Å². The number of phenols is 2. The van der Waals surface area contributed by atoms with E-state index in [1.54, 1.807) is 0 Å². The van der Waals surface area contributed by atoms with Crippen LogP contribution in [0, 0.1) is 0 Å². The average molecular weight is 353 g/mol. The number of benzene rings is 2. The fraction of sp³-hybridized carbons (Fsp3) is 0.300. The van der Waals surface area contributed by atoms with Crippen LogP contribution in [0.2, 0.25) is 0 Å². The van der Waals surface area contributed by atoms with Gasteiger partial charge in [-0.05, 0) is 31.4 Å². The minimum atomic E-state index is -0.384. The van der Waals surface area contributed by atoms with Gasteiger partial charge in [0.1, 0.15) is 5.84 Å². The Labute approximate surface area is 152 Å². The number of hydrogen-bond acceptors (Lipinski definition) is 5. The molecule has 4 N–H and O–H groups in total. The fourth-order valence-electron chi connectivity index (χ4n) is 2.95. The van der Waals surface area contributed by atoms with E-state index in [0.717, 1.165) is 37.2 Å². The van der Waals surface area contributed by atoms with Crippen LogP contribution in [0.15, 0.2) is 53.5 Å². The largest absolute Gasteiger partial charge is 0.504 e. The van der Waals surface area contributed by atoms with Crippen molar-refractivity contribution in [3.8, 4) is 11.5 Å². The molecule has 2 aromatic carbocycles. The predicted octanol–water partition coefficient (Wildman–Crippen LogP) is 2.42. The summed E-state index contributed by atoms with van der Waals surface area (Å²) in [6.07, 6.45) is 2.78. The normalized spacial score (nSPS) is 16.0. The molecule has 1 heterocycles. The van der Waals surface area contributed by atoms with Crippen LogP contribution in [-0.4, -0.2) is 41.1 Å². The first-order chi connectivity index (χ1) is 12.6. The molecule has 0 aromatic heterocycles. The SMILES string of the molecule is O=C(NCCCC[C@H]1CN=C(c2ccccc2)N1)c1cccc(O)c1O. The van der Waals surface area contributed by atoms with Crippen molar-refractivity contribution < 1.29 is 15.0 Å². The van der Waals surface area contributed by atoms with Crippen LogP contribution in [0.4, 0.5) is 0 Å². The minimum absolute atomic E-state index is 0.0864. The van der Waals surface area contributed by atoms with E-state index < -0.39 is 0 Å². The summed E-state index contributed by atoms with van der Waals surface area (Å²) >= 11 is 0. The number of para-hydroxylation sites is 1. The lowest BCUT2D eigenvalue weighted by Gasteiger charge is -2.12. The minimum Gasteiger partial charge on any atom is -0.504 e. The molecule has 1 aliphatic rings. The molecule has 0 saturated carbocycles. The smallest absolute Gasteiger partial charge is 0.255 e. The van der Waals surface area contributed by atoms with Crippen molar-refractivity contribution in [2.75, 3.05) is 13.1 Å². The molecule has 0 saturated heterocycles. The van der Waals surface area contributed by atoms with Gasteiger partial charge in [0, 0.05) is 18.2 Å². The number of carbonyl (C=O) groups is 1. The van der Waals surface area contributed by atoms with E-state index in [4.69, 9.17) is 0 Å². The van der Waals surface area contributed by atoms with Gasteiger partial charge in [0.25, 0.3) is 5.91 Å². The molecular formula is C20H23N3O3. The van der Waals surface area contributed by atoms with Gasteiger partial charge in [-0.1, -0.05) is 36.4 Å². The molecule has 0 bridgehead atoms. The number of hydrogen-bond donors (Lipinski definition) is 4. The number of unbranched alkanes of at least 4 members (excludes halogenated alkanes) is 1. The summed E-state index contributed by atoms with van der Waals surface area (Å²) < 4.78 is 0. The highest BCUT2D eigenvalue weighted by molar-refractivity contribution is 6.00. The first-order valence-electron chi connectivity index (χ1n) is 8.80. The van der Waals surface area contributed by atoms with Crippen LogP contribution in [0.3, 0.4) is 0 Å². The summed E-state index contributed by atoms with van der Waals surface area (Å²) in [5, 5.41) is 25.4. The van der Waals surface area contributed by atoms with Crippen molar-refractivity contribution in [2.24, 2.45) is 4.99 Å². The molecule has 1 amide bonds. The molecule has 6 nitrogen and oxygen atoms in total. The molecule has 136 valence electrons. The number of phenolic OH excluding ortho intramolecular Hbond substituents is 2. The Morgan fingerprint density at radius 2 is 1.92 bits per heavy atom. The number of carbonyl (C=O) groups excluding carboxylic acids is 1. The summed E-state index contributed by atoms with van der Waals surface area (Å²) in [4.78, 5) is 16.6. The van der Waals surface area contributed by atoms with E-state index in [0.29, 0.717) is 12.6 Å². The third kappa shape index (κ3) is 4.33. The molecule has 0 aliphatic carbocycles. The van der Waals surface area contributed by atoms with Crippen LogP contribution >= 0.6 is 0 Å². The number of rotatable bonds is 7. The van der Waals surface area contributed by atoms with Gasteiger partial charge >= 0.3 is 0 Å². The van der Waals surface area contributed by atoms with E-state index >= 15 is 0 Å². The Hall–Kier alpha value is -3.02. The Kier molecular flexibility index (Phi) is 5.73. The lowest BCUT2D eigenvalue weighted by atomic mass is 10.1. The van der Waals surface area contributed by atoms with E-state index in [1.165, 1.54) is 18.2 Å². The monoisotopic (exact) mass is 353 g/mol. The van der Waals surface area contributed by atoms with E-state index in [9.17, 15) is 15.0 Å². The Bertz CT molecular complexity index is 790. The van der Waals surface area contributed by atoms with Crippen LogP contribution in [0.5, 0.6) is 11.5 Å². The molecule has 1 aliphatic heterocycles. The standard InChI is InChI=1S/C20H23N3O3/c24-17-11-6-10-16(18(17)25)20(26)21-12-5-4-9-15-13-22-19(23-15)14-7-2-1-3-8-14/h1-3,6-8,10-11,15,24-25H,4-5,9,12-13H2,(H,21,26)(H,22,23)/t15-/m0/s1. The van der Waals surface area contributed by atoms with Crippen molar-refractivity contribution in [1.29, 1.82) is 0 Å². The van der Waals surface area contributed by atoms with Gasteiger partial charge in [0.15, 0.2) is 11.5 Å². The Morgan fingerprint density at radius 3 is 2.73 bits per heavy atom. The van der Waals surface area contributed by atoms with Gasteiger partial charge in [-0.15, -0.1) is 0 Å². The maximum atomic E-state index is 12.0. The lowest BCUT2D eigenvalue weighted by Crippen LogP contribution is -2.31. The molecule has 6 heteroatoms. The molecule has 0 unspecified atom stereocenters. The molecule has 1 atom stereocenters. The van der Waals surface area contributed by atoms with Crippen LogP contribution in [0.1, 0.15) is 35.2 Å². The van der Waals surface area contributed by atoms with Crippen molar-refractivity contribution in [3.63, 3.8) is 0 Å². The van der Waals surface area contributed by atoms with Crippen LogP contribution in [-0.2, 0) is 0 Å². The highest BCUT2D eigenvalue weighted by Crippen LogP contribution is 2.27. The van der Waals surface area contributed by atoms with Crippen LogP contribution < -0.4 is 10.6 Å². The molecule has 3 rings (SSSR count). The second-order valence-electron chi connectivity index (χ2n) is 6.32. The second-order valence-corrected chi connectivity index (χ2v) is 6.32. The lowest BCUT2D eigenvalue weighted by molar-refractivity contribution is 0.0949. The number of nitrogens with one attached hydrogen (secondary N) is 2. The first-order valence-corrected chi connectivity index (χ1v) is 8.80. The second kappa shape index (κ2) is 8.38. The third-order valence-electron chi connectivity index (χ3n) is 4.38. The number of amidine groups is 1. The van der Waals surface area contributed by atoms with E-state index in [-0.39, 0.29) is 23.0 Å². The van der Waals surface area contributed by atoms with Crippen molar-refractivity contribution >= 4 is 11.7 Å². The Morgan fingerprint density at radius 1 is 1.12 bits per heavy atom. The molecule has 0 spiro atoms. The maximum absolute atomic E-state index is 12.0. The first kappa shape index (κ1) is 17.8. The molecular weight excluding hydrogens is 330 g/mol. The van der Waals surface area contributed by atoms with Crippen molar-refractivity contribution in [1.82, 2.24) is 10.6 Å². The van der Waals surface area contributed by atoms with E-state index in [1.807, 2.05) is 30.3 Å². The fourth-order valence-corrected chi connectivity index (χ4v) is 2.95. The number of aliphatic imine (C=N–C) groups is 1. The summed E-state index contributed by atoms with van der Waals surface area (Å²) in [7, 11) is 0. The van der Waals surface area contributed by atoms with Crippen molar-refractivity contribution in [2.45, 2.75) is 25.3 Å². The zero-order valence-electron chi connectivity index (χ0n) is 14.5. The zero-order valence-corrected chi connectivity index (χ0v) is 14.5. The predicted molar refractivity (Wildman–Crippen MR) is 101 cm³/mol. The zero-order chi connectivity index (χ0) is 18.4. The quantitative estimate of drug-likeness (QED) is 0.454. The molecule has 0 radical (unpaired) electrons. The molecule has 26 heavy (non-hydrogen) atoms. The topological polar surface area (TPSA) is 94.0 Å². The highest BCUT2D eigenvalue weighted by Gasteiger charge is 2.18. The highest BCUT2D eigenvalue weighted by atomic mass is 16.3. The van der Waals surface area contributed by atoms with Gasteiger partial charge in [0.2, 0.25) is 0 Å². The summed E-state index contributed by atoms with van der Waals surface area (Å²) in [5.41, 5.74) is 1.19. The molecule has 0 fully saturated rings. The summed E-state index contributed by atoms with van der Waals surface area (Å²) in [5.74, 6) is -0.111. The Balaban J connectivity index is 1.35. The maximum Gasteiger partial charge on any atom is 0.255 e. The number of amides is 1. The van der Waals surface area contributed by atoms with Gasteiger partial charge < -0.3 is 20.8 Å². The molecule has 2 aromatic rings. The van der Waals surface area contributed by atoms with Gasteiger partial charge in [-0.3, -0.25) is 9.79 Å². The van der Waals surface area contributed by atoms with Gasteiger partial charge in [-0.25, -0.2) is 0 Å². The van der Waals surface area contributed by atoms with Crippen LogP contribution in [0.25, 0.3) is 0 Å². The summed E-state index contributed by atoms with van der Waals surface area (Å²) in [6.45, 7) is 1.29. The third-order valence-corrected chi connectivity index (χ3v) is 4.38. The van der Waals surface area contributed by atoms with Gasteiger partial charge in [0.05, 0.1) is 12.1 Å². The number of aromatic hydroxyl groups is 2.